The Bertz CT molecular complexity index is 1780. The number of nitrogens with one attached hydrogen (secondary N) is 1. The predicted molar refractivity (Wildman–Crippen MR) is 169 cm³/mol. The zero-order valence-electron chi connectivity index (χ0n) is 26.2. The van der Waals surface area contributed by atoms with E-state index in [4.69, 9.17) is 9.47 Å². The highest BCUT2D eigenvalue weighted by Crippen LogP contribution is 2.35. The molecule has 254 valence electrons. The monoisotopic (exact) mass is 683 g/mol. The molecule has 0 bridgehead atoms. The molecule has 0 aromatic carbocycles. The number of halogens is 2. The van der Waals surface area contributed by atoms with E-state index in [2.05, 4.69) is 25.5 Å². The van der Waals surface area contributed by atoms with Crippen LogP contribution in [0.25, 0.3) is 22.0 Å². The van der Waals surface area contributed by atoms with E-state index in [1.165, 1.54) is 22.2 Å². The van der Waals surface area contributed by atoms with Crippen molar-refractivity contribution in [3.63, 3.8) is 0 Å². The van der Waals surface area contributed by atoms with Crippen molar-refractivity contribution in [2.24, 2.45) is 11.8 Å². The van der Waals surface area contributed by atoms with Crippen LogP contribution in [0.1, 0.15) is 74.8 Å². The number of carbonyl (C=O) groups is 3. The van der Waals surface area contributed by atoms with Crippen molar-refractivity contribution >= 4 is 34.9 Å². The van der Waals surface area contributed by atoms with E-state index >= 15 is 0 Å². The first-order valence-electron chi connectivity index (χ1n) is 15.9. The molecular formula is C32H35F2N7O6S. The molecule has 2 aliphatic carbocycles. The largest absolute Gasteiger partial charge is 0.481 e. The number of thiazole rings is 1. The number of hydrogen-bond acceptors (Lipinski definition) is 10. The zero-order valence-corrected chi connectivity index (χ0v) is 27.0. The van der Waals surface area contributed by atoms with Gasteiger partial charge in [0, 0.05) is 29.9 Å². The number of carboxylic acids is 1. The molecule has 2 fully saturated rings. The van der Waals surface area contributed by atoms with Crippen LogP contribution in [0.4, 0.5) is 14.5 Å². The van der Waals surface area contributed by atoms with E-state index in [0.29, 0.717) is 30.0 Å². The van der Waals surface area contributed by atoms with Gasteiger partial charge in [0.05, 0.1) is 35.9 Å². The molecule has 4 heterocycles. The van der Waals surface area contributed by atoms with Gasteiger partial charge in [-0.2, -0.15) is 14.6 Å². The van der Waals surface area contributed by atoms with E-state index in [0.717, 1.165) is 50.7 Å². The topological polar surface area (TPSA) is 163 Å². The van der Waals surface area contributed by atoms with Crippen LogP contribution in [0.15, 0.2) is 36.1 Å². The second kappa shape index (κ2) is 14.7. The van der Waals surface area contributed by atoms with Crippen molar-refractivity contribution in [1.82, 2.24) is 29.5 Å². The minimum absolute atomic E-state index is 0.00135. The van der Waals surface area contributed by atoms with Crippen LogP contribution in [0.3, 0.4) is 0 Å². The fourth-order valence-electron chi connectivity index (χ4n) is 6.33. The lowest BCUT2D eigenvalue weighted by atomic mass is 9.79. The van der Waals surface area contributed by atoms with Gasteiger partial charge in [-0.3, -0.25) is 19.1 Å². The van der Waals surface area contributed by atoms with Gasteiger partial charge in [0.2, 0.25) is 5.95 Å². The lowest BCUT2D eigenvalue weighted by Crippen LogP contribution is -2.34. The van der Waals surface area contributed by atoms with Crippen LogP contribution in [0.5, 0.6) is 0 Å². The minimum atomic E-state index is -0.996. The maximum Gasteiger partial charge on any atom is 0.311 e. The number of ether oxygens (including phenoxy) is 2. The second-order valence-corrected chi connectivity index (χ2v) is 12.8. The lowest BCUT2D eigenvalue weighted by Gasteiger charge is -2.28. The minimum Gasteiger partial charge on any atom is -0.481 e. The van der Waals surface area contributed by atoms with Crippen molar-refractivity contribution in [2.45, 2.75) is 77.2 Å². The van der Waals surface area contributed by atoms with Gasteiger partial charge in [-0.25, -0.2) is 19.0 Å². The number of aliphatic carboxylic acids is 1. The number of carboxylic acid groups (broad SMARTS) is 1. The van der Waals surface area contributed by atoms with Crippen molar-refractivity contribution in [2.75, 3.05) is 11.9 Å². The number of amides is 1. The Morgan fingerprint density at radius 2 is 1.79 bits per heavy atom. The van der Waals surface area contributed by atoms with Crippen LogP contribution >= 0.6 is 11.3 Å². The summed E-state index contributed by atoms with van der Waals surface area (Å²) in [6.07, 6.45) is 10.5. The van der Waals surface area contributed by atoms with Gasteiger partial charge in [-0.05, 0) is 57.6 Å². The Morgan fingerprint density at radius 1 is 1.02 bits per heavy atom. The van der Waals surface area contributed by atoms with Gasteiger partial charge in [-0.15, -0.1) is 11.3 Å². The Labute approximate surface area is 278 Å². The standard InChI is InChI=1S/C32H35F2N7O6S/c1-2-46-20-9-7-19(8-10-20)41-15-24(28(39-41)27-23(33)11-12-26(34)38-27)36-29(42)25-16-48-30(37-25)18-13-35-40(14-18)17-47-32(45)22-6-4-3-5-21(22)31(43)44/h11-16,19-22H,2-10,17H2,1H3,(H,36,42)(H,43,44). The number of esters is 1. The second-order valence-electron chi connectivity index (χ2n) is 11.9. The average molecular weight is 684 g/mol. The Hall–Kier alpha value is -4.57. The molecule has 2 atom stereocenters. The predicted octanol–water partition coefficient (Wildman–Crippen LogP) is 5.71. The Balaban J connectivity index is 1.14. The highest BCUT2D eigenvalue weighted by Gasteiger charge is 2.37. The molecule has 6 rings (SSSR count). The van der Waals surface area contributed by atoms with E-state index in [9.17, 15) is 28.3 Å². The number of anilines is 1. The third-order valence-electron chi connectivity index (χ3n) is 8.78. The number of carbonyl (C=O) groups excluding carboxylic acids is 2. The van der Waals surface area contributed by atoms with Crippen LogP contribution in [0.2, 0.25) is 0 Å². The lowest BCUT2D eigenvalue weighted by molar-refractivity contribution is -0.162. The summed E-state index contributed by atoms with van der Waals surface area (Å²) in [5, 5.41) is 23.0. The highest BCUT2D eigenvalue weighted by molar-refractivity contribution is 7.13. The molecule has 0 radical (unpaired) electrons. The van der Waals surface area contributed by atoms with Crippen LogP contribution < -0.4 is 5.32 Å². The van der Waals surface area contributed by atoms with Gasteiger partial charge in [0.15, 0.2) is 12.5 Å². The molecule has 2 N–H and O–H groups in total. The van der Waals surface area contributed by atoms with Gasteiger partial charge in [-0.1, -0.05) is 12.8 Å². The Morgan fingerprint density at radius 3 is 2.54 bits per heavy atom. The highest BCUT2D eigenvalue weighted by atomic mass is 32.1. The SMILES string of the molecule is CCOC1CCC(n2cc(NC(=O)c3csc(-c4cnn(COC(=O)C5CCCCC5C(=O)O)c4)n3)c(-c3nc(F)ccc3F)n2)CC1. The molecular weight excluding hydrogens is 648 g/mol. The van der Waals surface area contributed by atoms with Gasteiger partial charge in [0.1, 0.15) is 22.1 Å². The number of pyridine rings is 1. The summed E-state index contributed by atoms with van der Waals surface area (Å²) < 4.78 is 43.1. The smallest absolute Gasteiger partial charge is 0.311 e. The van der Waals surface area contributed by atoms with Crippen molar-refractivity contribution in [3.8, 4) is 22.0 Å². The number of rotatable bonds is 11. The first-order chi connectivity index (χ1) is 23.2. The van der Waals surface area contributed by atoms with Gasteiger partial charge >= 0.3 is 11.9 Å². The maximum absolute atomic E-state index is 14.8. The molecule has 48 heavy (non-hydrogen) atoms. The molecule has 0 saturated heterocycles. The number of nitrogens with zero attached hydrogens (tertiary/aromatic N) is 6. The van der Waals surface area contributed by atoms with Crippen LogP contribution in [-0.4, -0.2) is 65.2 Å². The summed E-state index contributed by atoms with van der Waals surface area (Å²) in [7, 11) is 0. The first-order valence-corrected chi connectivity index (χ1v) is 16.8. The number of hydrogen-bond donors (Lipinski definition) is 2. The van der Waals surface area contributed by atoms with E-state index in [1.807, 2.05) is 6.92 Å². The molecule has 2 aliphatic rings. The molecule has 0 spiro atoms. The molecule has 4 aromatic heterocycles. The zero-order chi connectivity index (χ0) is 33.8. The third kappa shape index (κ3) is 7.44. The molecule has 2 unspecified atom stereocenters. The summed E-state index contributed by atoms with van der Waals surface area (Å²) in [4.78, 5) is 45.7. The molecule has 1 amide bonds. The third-order valence-corrected chi connectivity index (χ3v) is 9.67. The van der Waals surface area contributed by atoms with E-state index < -0.39 is 41.4 Å². The first kappa shape index (κ1) is 33.3. The summed E-state index contributed by atoms with van der Waals surface area (Å²) in [5.41, 5.74) is 0.493. The fourth-order valence-corrected chi connectivity index (χ4v) is 7.10. The van der Waals surface area contributed by atoms with E-state index in [-0.39, 0.29) is 41.6 Å². The summed E-state index contributed by atoms with van der Waals surface area (Å²) >= 11 is 1.19. The van der Waals surface area contributed by atoms with Crippen molar-refractivity contribution < 1.29 is 37.7 Å². The Kier molecular flexibility index (Phi) is 10.2. The fraction of sp³-hybridized carbons (Fsp3) is 0.469. The molecule has 0 aliphatic heterocycles. The van der Waals surface area contributed by atoms with Crippen LogP contribution in [0, 0.1) is 23.6 Å². The summed E-state index contributed by atoms with van der Waals surface area (Å²) in [6, 6.07) is 1.86. The normalized spacial score (nSPS) is 21.1. The molecule has 4 aromatic rings. The summed E-state index contributed by atoms with van der Waals surface area (Å²) in [5.74, 6) is -5.26. The van der Waals surface area contributed by atoms with E-state index in [1.54, 1.807) is 22.5 Å². The van der Waals surface area contributed by atoms with Crippen LogP contribution in [-0.2, 0) is 25.8 Å². The molecule has 13 nitrogen and oxygen atoms in total. The van der Waals surface area contributed by atoms with Crippen molar-refractivity contribution in [3.05, 3.63) is 53.6 Å². The van der Waals surface area contributed by atoms with Gasteiger partial charge < -0.3 is 19.9 Å². The molecule has 16 heteroatoms. The quantitative estimate of drug-likeness (QED) is 0.148. The maximum atomic E-state index is 14.8. The summed E-state index contributed by atoms with van der Waals surface area (Å²) in [6.45, 7) is 2.39. The van der Waals surface area contributed by atoms with Crippen molar-refractivity contribution in [1.29, 1.82) is 0 Å². The van der Waals surface area contributed by atoms with Gasteiger partial charge in [0.25, 0.3) is 5.91 Å². The molecule has 2 saturated carbocycles. The average Bonchev–Trinajstić information content (AvgIpc) is 3.86. The number of aromatic nitrogens is 6.